The molecule has 0 spiro atoms. The van der Waals surface area contributed by atoms with Crippen LogP contribution in [0.25, 0.3) is 11.2 Å². The number of fused-ring (bicyclic) bond motifs is 1. The second-order valence-electron chi connectivity index (χ2n) is 4.60. The topological polar surface area (TPSA) is 30.7 Å². The second-order valence-corrected chi connectivity index (χ2v) is 5.44. The minimum Gasteiger partial charge on any atom is -0.301 e. The first-order chi connectivity index (χ1) is 10.4. The van der Waals surface area contributed by atoms with Crippen molar-refractivity contribution >= 4 is 34.4 Å². The van der Waals surface area contributed by atoms with E-state index in [4.69, 9.17) is 23.2 Å². The van der Waals surface area contributed by atoms with Crippen molar-refractivity contribution in [3.05, 3.63) is 58.0 Å². The van der Waals surface area contributed by atoms with Gasteiger partial charge in [0.25, 0.3) is 0 Å². The van der Waals surface area contributed by atoms with Crippen LogP contribution in [0.4, 0.5) is 13.2 Å². The summed E-state index contributed by atoms with van der Waals surface area (Å²) in [6, 6.07) is 7.66. The second kappa shape index (κ2) is 5.44. The molecule has 0 N–H and O–H groups in total. The quantitative estimate of drug-likeness (QED) is 0.667. The summed E-state index contributed by atoms with van der Waals surface area (Å²) in [7, 11) is 0. The van der Waals surface area contributed by atoms with E-state index in [0.717, 1.165) is 4.57 Å². The zero-order valence-electron chi connectivity index (χ0n) is 10.9. The summed E-state index contributed by atoms with van der Waals surface area (Å²) in [5.74, 6) is -1.01. The lowest BCUT2D eigenvalue weighted by molar-refractivity contribution is -0.146. The Bertz CT molecular complexity index is 843. The van der Waals surface area contributed by atoms with Crippen molar-refractivity contribution in [1.29, 1.82) is 0 Å². The minimum atomic E-state index is -4.58. The van der Waals surface area contributed by atoms with Crippen molar-refractivity contribution in [1.82, 2.24) is 14.5 Å². The van der Waals surface area contributed by atoms with E-state index < -0.39 is 12.0 Å². The van der Waals surface area contributed by atoms with E-state index in [1.807, 2.05) is 0 Å². The van der Waals surface area contributed by atoms with Gasteiger partial charge in [0.1, 0.15) is 5.52 Å². The molecular weight excluding hydrogens is 338 g/mol. The maximum absolute atomic E-state index is 13.2. The van der Waals surface area contributed by atoms with Crippen molar-refractivity contribution in [2.45, 2.75) is 12.7 Å². The van der Waals surface area contributed by atoms with Gasteiger partial charge in [-0.3, -0.25) is 0 Å². The normalized spacial score (nSPS) is 12.0. The highest BCUT2D eigenvalue weighted by Crippen LogP contribution is 2.32. The molecule has 0 bridgehead atoms. The number of hydrogen-bond donors (Lipinski definition) is 0. The molecule has 8 heteroatoms. The summed E-state index contributed by atoms with van der Waals surface area (Å²) in [6.45, 7) is -0.0989. The van der Waals surface area contributed by atoms with Crippen molar-refractivity contribution in [2.75, 3.05) is 0 Å². The molecule has 0 fully saturated rings. The molecule has 0 atom stereocenters. The summed E-state index contributed by atoms with van der Waals surface area (Å²) in [5, 5.41) is 0.705. The van der Waals surface area contributed by atoms with Gasteiger partial charge >= 0.3 is 6.18 Å². The number of rotatable bonds is 2. The SMILES string of the molecule is FC(F)(F)c1nc2cccnc2n1Cc1ccc(Cl)cc1Cl. The summed E-state index contributed by atoms with van der Waals surface area (Å²) in [4.78, 5) is 7.62. The smallest absolute Gasteiger partial charge is 0.301 e. The molecule has 3 nitrogen and oxygen atoms in total. The number of hydrogen-bond acceptors (Lipinski definition) is 2. The fourth-order valence-corrected chi connectivity index (χ4v) is 2.61. The third-order valence-electron chi connectivity index (χ3n) is 3.10. The van der Waals surface area contributed by atoms with Crippen molar-refractivity contribution < 1.29 is 13.2 Å². The van der Waals surface area contributed by atoms with E-state index in [9.17, 15) is 13.2 Å². The fraction of sp³-hybridized carbons (Fsp3) is 0.143. The van der Waals surface area contributed by atoms with Gasteiger partial charge in [0, 0.05) is 16.2 Å². The molecule has 0 unspecified atom stereocenters. The van der Waals surface area contributed by atoms with E-state index in [1.165, 1.54) is 24.4 Å². The summed E-state index contributed by atoms with van der Waals surface area (Å²) in [5.41, 5.74) is 0.835. The summed E-state index contributed by atoms with van der Waals surface area (Å²) in [6.07, 6.45) is -3.16. The molecule has 0 amide bonds. The van der Waals surface area contributed by atoms with Crippen LogP contribution in [0.2, 0.25) is 10.0 Å². The highest BCUT2D eigenvalue weighted by atomic mass is 35.5. The average molecular weight is 346 g/mol. The van der Waals surface area contributed by atoms with Crippen LogP contribution in [0, 0.1) is 0 Å². The minimum absolute atomic E-state index is 0.0989. The Balaban J connectivity index is 2.16. The van der Waals surface area contributed by atoms with E-state index in [-0.39, 0.29) is 17.7 Å². The first-order valence-corrected chi connectivity index (χ1v) is 6.94. The van der Waals surface area contributed by atoms with Crippen LogP contribution in [0.5, 0.6) is 0 Å². The molecule has 0 saturated heterocycles. The zero-order valence-corrected chi connectivity index (χ0v) is 12.4. The van der Waals surface area contributed by atoms with Gasteiger partial charge in [0.2, 0.25) is 5.82 Å². The Hall–Kier alpha value is -1.79. The fourth-order valence-electron chi connectivity index (χ4n) is 2.14. The van der Waals surface area contributed by atoms with Crippen LogP contribution < -0.4 is 0 Å². The molecular formula is C14H8Cl2F3N3. The average Bonchev–Trinajstić information content (AvgIpc) is 2.81. The Morgan fingerprint density at radius 3 is 2.59 bits per heavy atom. The van der Waals surface area contributed by atoms with Gasteiger partial charge in [-0.2, -0.15) is 13.2 Å². The van der Waals surface area contributed by atoms with Crippen LogP contribution >= 0.6 is 23.2 Å². The molecule has 22 heavy (non-hydrogen) atoms. The lowest BCUT2D eigenvalue weighted by Crippen LogP contribution is -2.16. The molecule has 2 aromatic heterocycles. The molecule has 3 rings (SSSR count). The Morgan fingerprint density at radius 1 is 1.14 bits per heavy atom. The highest BCUT2D eigenvalue weighted by molar-refractivity contribution is 6.35. The van der Waals surface area contributed by atoms with E-state index in [1.54, 1.807) is 12.1 Å². The molecule has 0 aliphatic carbocycles. The molecule has 0 saturated carbocycles. The van der Waals surface area contributed by atoms with Crippen LogP contribution in [0.1, 0.15) is 11.4 Å². The predicted octanol–water partition coefficient (Wildman–Crippen LogP) is 4.81. The Labute approximate surface area is 133 Å². The molecule has 1 aromatic carbocycles. The van der Waals surface area contributed by atoms with Crippen molar-refractivity contribution in [3.8, 4) is 0 Å². The van der Waals surface area contributed by atoms with E-state index in [0.29, 0.717) is 15.6 Å². The van der Waals surface area contributed by atoms with Gasteiger partial charge in [-0.1, -0.05) is 29.3 Å². The first kappa shape index (κ1) is 15.1. The van der Waals surface area contributed by atoms with Gasteiger partial charge in [-0.15, -0.1) is 0 Å². The first-order valence-electron chi connectivity index (χ1n) is 6.18. The van der Waals surface area contributed by atoms with Crippen molar-refractivity contribution in [3.63, 3.8) is 0 Å². The molecule has 3 aromatic rings. The lowest BCUT2D eigenvalue weighted by Gasteiger charge is -2.12. The predicted molar refractivity (Wildman–Crippen MR) is 78.1 cm³/mol. The van der Waals surface area contributed by atoms with Crippen molar-refractivity contribution in [2.24, 2.45) is 0 Å². The number of nitrogens with zero attached hydrogens (tertiary/aromatic N) is 3. The summed E-state index contributed by atoms with van der Waals surface area (Å²) < 4.78 is 40.6. The number of alkyl halides is 3. The maximum Gasteiger partial charge on any atom is 0.449 e. The van der Waals surface area contributed by atoms with E-state index >= 15 is 0 Å². The number of pyridine rings is 1. The van der Waals surface area contributed by atoms with E-state index in [2.05, 4.69) is 9.97 Å². The van der Waals surface area contributed by atoms with Crippen LogP contribution in [0.15, 0.2) is 36.5 Å². The van der Waals surface area contributed by atoms with Gasteiger partial charge in [-0.25, -0.2) is 9.97 Å². The monoisotopic (exact) mass is 345 g/mol. The largest absolute Gasteiger partial charge is 0.449 e. The number of aromatic nitrogens is 3. The Kier molecular flexibility index (Phi) is 3.74. The standard InChI is InChI=1S/C14H8Cl2F3N3/c15-9-4-3-8(10(16)6-9)7-22-12-11(2-1-5-20-12)21-13(22)14(17,18)19/h1-6H,7H2. The van der Waals surface area contributed by atoms with Crippen LogP contribution in [0.3, 0.4) is 0 Å². The molecule has 2 heterocycles. The summed E-state index contributed by atoms with van der Waals surface area (Å²) >= 11 is 11.8. The number of imidazole rings is 1. The number of benzene rings is 1. The maximum atomic E-state index is 13.2. The van der Waals surface area contributed by atoms with Crippen LogP contribution in [-0.2, 0) is 12.7 Å². The molecule has 0 radical (unpaired) electrons. The molecule has 0 aliphatic heterocycles. The van der Waals surface area contributed by atoms with Gasteiger partial charge in [-0.05, 0) is 29.8 Å². The highest BCUT2D eigenvalue weighted by Gasteiger charge is 2.38. The Morgan fingerprint density at radius 2 is 1.91 bits per heavy atom. The van der Waals surface area contributed by atoms with Crippen LogP contribution in [-0.4, -0.2) is 14.5 Å². The number of halogens is 5. The molecule has 114 valence electrons. The lowest BCUT2D eigenvalue weighted by atomic mass is 10.2. The van der Waals surface area contributed by atoms with Gasteiger partial charge in [0.05, 0.1) is 6.54 Å². The van der Waals surface area contributed by atoms with Gasteiger partial charge < -0.3 is 4.57 Å². The zero-order chi connectivity index (χ0) is 15.9. The third kappa shape index (κ3) is 2.76. The molecule has 0 aliphatic rings. The third-order valence-corrected chi connectivity index (χ3v) is 3.69. The van der Waals surface area contributed by atoms with Gasteiger partial charge in [0.15, 0.2) is 5.65 Å².